The maximum atomic E-state index is 13.3. The molecule has 1 amide bonds. The van der Waals surface area contributed by atoms with Crippen LogP contribution >= 0.6 is 0 Å². The number of aliphatic carboxylic acids is 1. The molecule has 0 heterocycles. The van der Waals surface area contributed by atoms with Gasteiger partial charge in [-0.25, -0.2) is 13.6 Å². The number of rotatable bonds is 5. The number of carboxylic acids is 1. The van der Waals surface area contributed by atoms with Gasteiger partial charge in [-0.15, -0.1) is 0 Å². The van der Waals surface area contributed by atoms with Crippen LogP contribution in [0.5, 0.6) is 0 Å². The quantitative estimate of drug-likeness (QED) is 0.830. The first-order chi connectivity index (χ1) is 8.91. The van der Waals surface area contributed by atoms with Crippen LogP contribution < -0.4 is 0 Å². The number of benzene rings is 1. The van der Waals surface area contributed by atoms with Gasteiger partial charge in [0.05, 0.1) is 0 Å². The lowest BCUT2D eigenvalue weighted by atomic mass is 9.90. The molecule has 0 aromatic heterocycles. The summed E-state index contributed by atoms with van der Waals surface area (Å²) in [6, 6.07) is 2.71. The van der Waals surface area contributed by atoms with E-state index in [9.17, 15) is 23.5 Å². The minimum absolute atomic E-state index is 0.0397. The second-order valence-electron chi connectivity index (χ2n) is 4.75. The molecule has 6 heteroatoms. The van der Waals surface area contributed by atoms with Crippen LogP contribution in [0.25, 0.3) is 0 Å². The van der Waals surface area contributed by atoms with Gasteiger partial charge in [0.2, 0.25) is 6.41 Å². The molecule has 1 N–H and O–H groups in total. The number of halogens is 2. The molecular weight excluding hydrogens is 256 g/mol. The summed E-state index contributed by atoms with van der Waals surface area (Å²) >= 11 is 0. The molecule has 1 fully saturated rings. The van der Waals surface area contributed by atoms with E-state index in [-0.39, 0.29) is 11.6 Å². The van der Waals surface area contributed by atoms with Crippen molar-refractivity contribution >= 4 is 12.4 Å². The predicted molar refractivity (Wildman–Crippen MR) is 62.3 cm³/mol. The highest BCUT2D eigenvalue weighted by Crippen LogP contribution is 2.37. The maximum Gasteiger partial charge on any atom is 0.334 e. The molecule has 1 aliphatic carbocycles. The van der Waals surface area contributed by atoms with E-state index in [0.717, 1.165) is 17.0 Å². The minimum atomic E-state index is -1.70. The largest absolute Gasteiger partial charge is 0.479 e. The van der Waals surface area contributed by atoms with E-state index in [2.05, 4.69) is 0 Å². The van der Waals surface area contributed by atoms with E-state index < -0.39 is 23.1 Å². The zero-order chi connectivity index (χ0) is 14.2. The first-order valence-corrected chi connectivity index (χ1v) is 5.84. The zero-order valence-corrected chi connectivity index (χ0v) is 10.3. The summed E-state index contributed by atoms with van der Waals surface area (Å²) in [6.07, 6.45) is 1.88. The molecule has 1 aliphatic rings. The van der Waals surface area contributed by atoms with Gasteiger partial charge >= 0.3 is 5.97 Å². The van der Waals surface area contributed by atoms with Gasteiger partial charge in [-0.3, -0.25) is 4.79 Å². The van der Waals surface area contributed by atoms with Crippen molar-refractivity contribution in [2.45, 2.75) is 31.3 Å². The molecule has 0 aliphatic heterocycles. The van der Waals surface area contributed by atoms with Crippen molar-refractivity contribution in [2.75, 3.05) is 0 Å². The molecule has 0 bridgehead atoms. The summed E-state index contributed by atoms with van der Waals surface area (Å²) in [5.41, 5.74) is -1.66. The Kier molecular flexibility index (Phi) is 3.26. The first kappa shape index (κ1) is 13.5. The van der Waals surface area contributed by atoms with Crippen molar-refractivity contribution in [2.24, 2.45) is 0 Å². The van der Waals surface area contributed by atoms with E-state index in [4.69, 9.17) is 0 Å². The molecule has 1 unspecified atom stereocenters. The fourth-order valence-corrected chi connectivity index (χ4v) is 2.09. The third-order valence-electron chi connectivity index (χ3n) is 3.47. The Labute approximate surface area is 108 Å². The van der Waals surface area contributed by atoms with E-state index in [1.54, 1.807) is 0 Å². The van der Waals surface area contributed by atoms with Crippen molar-refractivity contribution in [1.29, 1.82) is 0 Å². The molecule has 1 aromatic carbocycles. The number of carboxylic acid groups (broad SMARTS) is 1. The summed E-state index contributed by atoms with van der Waals surface area (Å²) in [4.78, 5) is 23.8. The van der Waals surface area contributed by atoms with E-state index >= 15 is 0 Å². The topological polar surface area (TPSA) is 57.6 Å². The average Bonchev–Trinajstić information content (AvgIpc) is 3.17. The van der Waals surface area contributed by atoms with E-state index in [1.165, 1.54) is 13.0 Å². The molecule has 4 nitrogen and oxygen atoms in total. The lowest BCUT2D eigenvalue weighted by molar-refractivity contribution is -0.155. The normalized spacial score (nSPS) is 17.6. The van der Waals surface area contributed by atoms with Crippen molar-refractivity contribution in [3.63, 3.8) is 0 Å². The molecule has 1 atom stereocenters. The second kappa shape index (κ2) is 4.60. The number of amides is 1. The second-order valence-corrected chi connectivity index (χ2v) is 4.75. The molecule has 0 saturated heterocycles. The summed E-state index contributed by atoms with van der Waals surface area (Å²) < 4.78 is 26.2. The SMILES string of the molecule is CC(C(=O)O)(c1ccc(F)c(F)c1)N(C=O)C1CC1. The van der Waals surface area contributed by atoms with Crippen molar-refractivity contribution in [3.8, 4) is 0 Å². The highest BCUT2D eigenvalue weighted by Gasteiger charge is 2.47. The van der Waals surface area contributed by atoms with Gasteiger partial charge in [-0.2, -0.15) is 0 Å². The van der Waals surface area contributed by atoms with Crippen LogP contribution in [-0.4, -0.2) is 28.4 Å². The van der Waals surface area contributed by atoms with Gasteiger partial charge < -0.3 is 10.0 Å². The van der Waals surface area contributed by atoms with Gasteiger partial charge in [-0.1, -0.05) is 6.07 Å². The van der Waals surface area contributed by atoms with Gasteiger partial charge in [0.15, 0.2) is 17.2 Å². The van der Waals surface area contributed by atoms with Crippen molar-refractivity contribution in [1.82, 2.24) is 4.90 Å². The Bertz CT molecular complexity index is 531. The number of hydrogen-bond donors (Lipinski definition) is 1. The number of carbonyl (C=O) groups excluding carboxylic acids is 1. The Morgan fingerprint density at radius 1 is 1.42 bits per heavy atom. The van der Waals surface area contributed by atoms with Crippen LogP contribution in [-0.2, 0) is 15.1 Å². The van der Waals surface area contributed by atoms with Crippen molar-refractivity contribution < 1.29 is 23.5 Å². The van der Waals surface area contributed by atoms with Crippen LogP contribution in [0.15, 0.2) is 18.2 Å². The Morgan fingerprint density at radius 2 is 2.05 bits per heavy atom. The van der Waals surface area contributed by atoms with Crippen LogP contribution in [0, 0.1) is 11.6 Å². The number of hydrogen-bond acceptors (Lipinski definition) is 2. The van der Waals surface area contributed by atoms with Gasteiger partial charge in [0, 0.05) is 6.04 Å². The first-order valence-electron chi connectivity index (χ1n) is 5.84. The third-order valence-corrected chi connectivity index (χ3v) is 3.47. The lowest BCUT2D eigenvalue weighted by Crippen LogP contribution is -2.50. The van der Waals surface area contributed by atoms with Gasteiger partial charge in [0.25, 0.3) is 0 Å². The monoisotopic (exact) mass is 269 g/mol. The maximum absolute atomic E-state index is 13.3. The van der Waals surface area contributed by atoms with Crippen LogP contribution in [0.2, 0.25) is 0 Å². The zero-order valence-electron chi connectivity index (χ0n) is 10.3. The van der Waals surface area contributed by atoms with Crippen molar-refractivity contribution in [3.05, 3.63) is 35.4 Å². The molecule has 2 rings (SSSR count). The summed E-state index contributed by atoms with van der Waals surface area (Å²) in [6.45, 7) is 1.31. The molecule has 0 spiro atoms. The van der Waals surface area contributed by atoms with Crippen LogP contribution in [0.3, 0.4) is 0 Å². The average molecular weight is 269 g/mol. The fourth-order valence-electron chi connectivity index (χ4n) is 2.09. The molecule has 1 aromatic rings. The van der Waals surface area contributed by atoms with Crippen LogP contribution in [0.4, 0.5) is 8.78 Å². The summed E-state index contributed by atoms with van der Waals surface area (Å²) in [5, 5.41) is 9.41. The number of nitrogens with zero attached hydrogens (tertiary/aromatic N) is 1. The van der Waals surface area contributed by atoms with Gasteiger partial charge in [-0.05, 0) is 37.5 Å². The predicted octanol–water partition coefficient (Wildman–Crippen LogP) is 1.89. The lowest BCUT2D eigenvalue weighted by Gasteiger charge is -2.35. The highest BCUT2D eigenvalue weighted by atomic mass is 19.2. The smallest absolute Gasteiger partial charge is 0.334 e. The number of carbonyl (C=O) groups is 2. The van der Waals surface area contributed by atoms with Gasteiger partial charge in [0.1, 0.15) is 0 Å². The molecule has 0 radical (unpaired) electrons. The van der Waals surface area contributed by atoms with E-state index in [0.29, 0.717) is 19.3 Å². The Morgan fingerprint density at radius 3 is 2.47 bits per heavy atom. The van der Waals surface area contributed by atoms with Crippen LogP contribution in [0.1, 0.15) is 25.3 Å². The molecule has 1 saturated carbocycles. The molecular formula is C13H13F2NO3. The molecule has 102 valence electrons. The third kappa shape index (κ3) is 2.18. The van der Waals surface area contributed by atoms with E-state index in [1.807, 2.05) is 0 Å². The minimum Gasteiger partial charge on any atom is -0.479 e. The summed E-state index contributed by atoms with van der Waals surface area (Å²) in [7, 11) is 0. The molecule has 19 heavy (non-hydrogen) atoms. The Hall–Kier alpha value is -1.98. The fraction of sp³-hybridized carbons (Fsp3) is 0.385. The highest BCUT2D eigenvalue weighted by molar-refractivity contribution is 5.83. The Balaban J connectivity index is 2.51. The summed E-state index contributed by atoms with van der Waals surface area (Å²) in [5.74, 6) is -3.47. The standard InChI is InChI=1S/C13H13F2NO3/c1-13(12(18)19,16(7-17)9-3-4-9)8-2-5-10(14)11(15)6-8/h2,5-7,9H,3-4H2,1H3,(H,18,19).